The van der Waals surface area contributed by atoms with Crippen molar-refractivity contribution < 1.29 is 48.0 Å². The van der Waals surface area contributed by atoms with E-state index in [1.807, 2.05) is 0 Å². The summed E-state index contributed by atoms with van der Waals surface area (Å²) in [5.41, 5.74) is 2.96. The van der Waals surface area contributed by atoms with Gasteiger partial charge in [0.1, 0.15) is 0 Å². The summed E-state index contributed by atoms with van der Waals surface area (Å²) in [6, 6.07) is 0. The maximum atomic E-state index is 11.4. The van der Waals surface area contributed by atoms with Gasteiger partial charge in [0, 0.05) is 0 Å². The largest absolute Gasteiger partial charge is 0.344 e. The number of hydroxylamine groups is 2. The van der Waals surface area contributed by atoms with Gasteiger partial charge in [-0.25, -0.2) is 0 Å². The van der Waals surface area contributed by atoms with Crippen molar-refractivity contribution in [2.24, 2.45) is 0 Å². The molecule has 0 atom stereocenters. The predicted molar refractivity (Wildman–Crippen MR) is 93.6 cm³/mol. The number of unbranched alkanes of at least 4 members (excludes halogenated alkanes) is 3. The van der Waals surface area contributed by atoms with E-state index >= 15 is 0 Å². The highest BCUT2D eigenvalue weighted by atomic mass is 16.7. The van der Waals surface area contributed by atoms with Crippen molar-refractivity contribution in [1.29, 1.82) is 0 Å². The van der Waals surface area contributed by atoms with E-state index in [1.54, 1.807) is 10.6 Å². The van der Waals surface area contributed by atoms with E-state index < -0.39 is 35.4 Å². The molecule has 0 aromatic rings. The average Bonchev–Trinajstić information content (AvgIpc) is 2.71. The monoisotopic (exact) mass is 426 g/mol. The van der Waals surface area contributed by atoms with Crippen LogP contribution in [0.3, 0.4) is 0 Å². The highest BCUT2D eigenvalue weighted by Gasteiger charge is 2.16. The molecule has 0 spiro atoms. The van der Waals surface area contributed by atoms with Crippen LogP contribution in [0.5, 0.6) is 0 Å². The second-order valence-electron chi connectivity index (χ2n) is 5.02. The van der Waals surface area contributed by atoms with Gasteiger partial charge in [-0.05, 0) is 37.8 Å². The van der Waals surface area contributed by atoms with Gasteiger partial charge in [0.05, 0.1) is 0 Å². The molecule has 0 saturated heterocycles. The second-order valence-corrected chi connectivity index (χ2v) is 5.02. The zero-order valence-corrected chi connectivity index (χ0v) is 15.4. The molecular weight excluding hydrogens is 408 g/mol. The Balaban J connectivity index is 3.96. The van der Waals surface area contributed by atoms with Crippen LogP contribution in [0.25, 0.3) is 0 Å². The van der Waals surface area contributed by atoms with E-state index in [0.717, 1.165) is 12.2 Å². The Labute approximate surface area is 168 Å². The van der Waals surface area contributed by atoms with Gasteiger partial charge < -0.3 is 9.68 Å². The van der Waals surface area contributed by atoms with Crippen LogP contribution in [0.15, 0.2) is 24.3 Å². The number of rotatable bonds is 11. The zero-order chi connectivity index (χ0) is 22.8. The summed E-state index contributed by atoms with van der Waals surface area (Å²) < 4.78 is 0. The van der Waals surface area contributed by atoms with Gasteiger partial charge in [0.25, 0.3) is 11.8 Å². The molecule has 0 aliphatic carbocycles. The van der Waals surface area contributed by atoms with Crippen LogP contribution >= 0.6 is 0 Å². The van der Waals surface area contributed by atoms with Crippen LogP contribution in [0, 0.1) is 0 Å². The molecule has 0 unspecified atom stereocenters. The number of hydrogen-bond donors (Lipinski definition) is 4. The molecule has 0 saturated carbocycles. The first-order valence-corrected chi connectivity index (χ1v) is 8.14. The van der Waals surface area contributed by atoms with Crippen molar-refractivity contribution >= 4 is 48.4 Å². The molecule has 0 aliphatic heterocycles. The third-order valence-electron chi connectivity index (χ3n) is 2.82. The molecule has 0 radical (unpaired) electrons. The topological polar surface area (TPSA) is 203 Å². The van der Waals surface area contributed by atoms with Crippen molar-refractivity contribution in [2.45, 2.75) is 25.7 Å². The number of nitrogens with one attached hydrogen (secondary N) is 4. The molecule has 0 aromatic carbocycles. The van der Waals surface area contributed by atoms with E-state index in [9.17, 15) is 38.4 Å². The summed E-state index contributed by atoms with van der Waals surface area (Å²) in [5.74, 6) is -6.94. The molecular formula is C16H18N4O10. The van der Waals surface area contributed by atoms with E-state index in [0.29, 0.717) is 25.7 Å². The van der Waals surface area contributed by atoms with Crippen molar-refractivity contribution in [3.63, 3.8) is 0 Å². The molecule has 6 amide bonds. The minimum atomic E-state index is -1.32. The van der Waals surface area contributed by atoms with Gasteiger partial charge in [0.2, 0.25) is 0 Å². The summed E-state index contributed by atoms with van der Waals surface area (Å²) in [6.07, 6.45) is 7.13. The minimum Gasteiger partial charge on any atom is -0.344 e. The van der Waals surface area contributed by atoms with Gasteiger partial charge in [-0.2, -0.15) is 11.0 Å². The molecule has 4 N–H and O–H groups in total. The summed E-state index contributed by atoms with van der Waals surface area (Å²) >= 11 is 0. The molecule has 162 valence electrons. The fourth-order valence-corrected chi connectivity index (χ4v) is 1.57. The number of allylic oxidation sites excluding steroid dienone is 2. The summed E-state index contributed by atoms with van der Waals surface area (Å²) in [4.78, 5) is 94.6. The van der Waals surface area contributed by atoms with Crippen molar-refractivity contribution in [1.82, 2.24) is 21.6 Å². The van der Waals surface area contributed by atoms with Crippen molar-refractivity contribution in [3.05, 3.63) is 24.3 Å². The Morgan fingerprint density at radius 2 is 0.967 bits per heavy atom. The Morgan fingerprint density at radius 1 is 0.600 bits per heavy atom. The normalized spacial score (nSPS) is 10.0. The maximum absolute atomic E-state index is 11.4. The lowest BCUT2D eigenvalue weighted by Gasteiger charge is -2.01. The highest BCUT2D eigenvalue weighted by molar-refractivity contribution is 6.38. The van der Waals surface area contributed by atoms with E-state index in [1.165, 1.54) is 23.1 Å². The first kappa shape index (κ1) is 25.6. The number of hydrogen-bond acceptors (Lipinski definition) is 10. The summed E-state index contributed by atoms with van der Waals surface area (Å²) in [7, 11) is 0. The highest BCUT2D eigenvalue weighted by Crippen LogP contribution is 2.01. The Kier molecular flexibility index (Phi) is 13.4. The van der Waals surface area contributed by atoms with Gasteiger partial charge >= 0.3 is 36.6 Å². The van der Waals surface area contributed by atoms with Crippen LogP contribution in [0.4, 0.5) is 0 Å². The molecule has 0 rings (SSSR count). The molecule has 0 aromatic heterocycles. The van der Waals surface area contributed by atoms with Gasteiger partial charge in [-0.15, -0.1) is 0 Å². The fourth-order valence-electron chi connectivity index (χ4n) is 1.57. The number of amides is 6. The van der Waals surface area contributed by atoms with Crippen LogP contribution in [0.1, 0.15) is 25.7 Å². The Hall–Kier alpha value is -4.36. The lowest BCUT2D eigenvalue weighted by Crippen LogP contribution is -2.41. The smallest absolute Gasteiger partial charge is 0.342 e. The Bertz CT molecular complexity index is 682. The van der Waals surface area contributed by atoms with Crippen LogP contribution in [0.2, 0.25) is 0 Å². The zero-order valence-electron chi connectivity index (χ0n) is 15.4. The summed E-state index contributed by atoms with van der Waals surface area (Å²) in [5, 5.41) is 3.48. The quantitative estimate of drug-likeness (QED) is 0.0888. The van der Waals surface area contributed by atoms with E-state index in [4.69, 9.17) is 0 Å². The molecule has 0 aliphatic rings. The minimum absolute atomic E-state index is 0.111. The van der Waals surface area contributed by atoms with Crippen molar-refractivity contribution in [2.75, 3.05) is 0 Å². The maximum Gasteiger partial charge on any atom is 0.342 e. The summed E-state index contributed by atoms with van der Waals surface area (Å²) in [6.45, 7) is -0.222. The standard InChI is InChI=1S/C16H18N4O10/c21-9-29-19-15(27)13(25)17-11(23)7-5-3-1-2-4-6-8-12(24)18-14(26)16(28)20-30-10-22/h5-10H,1-4H2,(H,19,27)(H,20,28)(H,17,23,25)(H,18,24,26). The molecule has 0 heterocycles. The first-order chi connectivity index (χ1) is 14.3. The molecule has 14 nitrogen and oxygen atoms in total. The lowest BCUT2D eigenvalue weighted by atomic mass is 10.2. The lowest BCUT2D eigenvalue weighted by molar-refractivity contribution is -0.153. The van der Waals surface area contributed by atoms with E-state index in [-0.39, 0.29) is 12.9 Å². The number of carbonyl (C=O) groups excluding carboxylic acids is 8. The van der Waals surface area contributed by atoms with E-state index in [2.05, 4.69) is 9.68 Å². The fraction of sp³-hybridized carbons (Fsp3) is 0.250. The van der Waals surface area contributed by atoms with Crippen LogP contribution in [-0.4, -0.2) is 48.4 Å². The Morgan fingerprint density at radius 3 is 1.30 bits per heavy atom. The number of imide groups is 2. The SMILES string of the molecule is O=CONC(=O)C(=O)NC(=O)C=CCCCCC=CC(=O)NC(=O)C(=O)NOC=O. The second kappa shape index (κ2) is 15.7. The predicted octanol–water partition coefficient (Wildman–Crippen LogP) is -2.65. The third-order valence-corrected chi connectivity index (χ3v) is 2.82. The number of carbonyl (C=O) groups is 8. The van der Waals surface area contributed by atoms with Crippen LogP contribution < -0.4 is 21.6 Å². The first-order valence-electron chi connectivity index (χ1n) is 8.14. The third kappa shape index (κ3) is 12.9. The molecule has 0 fully saturated rings. The molecule has 0 bridgehead atoms. The molecule has 30 heavy (non-hydrogen) atoms. The average molecular weight is 426 g/mol. The van der Waals surface area contributed by atoms with Gasteiger partial charge in [-0.3, -0.25) is 49.0 Å². The van der Waals surface area contributed by atoms with Crippen molar-refractivity contribution in [3.8, 4) is 0 Å². The molecule has 14 heteroatoms. The van der Waals surface area contributed by atoms with Gasteiger partial charge in [0.15, 0.2) is 0 Å². The van der Waals surface area contributed by atoms with Gasteiger partial charge in [-0.1, -0.05) is 12.2 Å². The van der Waals surface area contributed by atoms with Crippen LogP contribution in [-0.2, 0) is 48.0 Å².